The lowest BCUT2D eigenvalue weighted by Crippen LogP contribution is -2.63. The fraction of sp³-hybridized carbons (Fsp3) is 0.486. The van der Waals surface area contributed by atoms with Gasteiger partial charge in [-0.05, 0) is 59.9 Å². The van der Waals surface area contributed by atoms with E-state index in [9.17, 15) is 24.6 Å². The van der Waals surface area contributed by atoms with E-state index in [-0.39, 0.29) is 18.5 Å². The zero-order valence-electron chi connectivity index (χ0n) is 28.2. The van der Waals surface area contributed by atoms with Crippen LogP contribution in [0.1, 0.15) is 58.1 Å². The third-order valence-electron chi connectivity index (χ3n) is 8.75. The van der Waals surface area contributed by atoms with Crippen LogP contribution in [0.4, 0.5) is 0 Å². The molecule has 3 rings (SSSR count). The summed E-state index contributed by atoms with van der Waals surface area (Å²) in [7, 11) is 0. The molecular weight excluding hydrogens is 594 g/mol. The molecule has 3 aromatic carbocycles. The molecule has 3 aromatic rings. The zero-order chi connectivity index (χ0) is 34.4. The van der Waals surface area contributed by atoms with Crippen LogP contribution in [0.3, 0.4) is 0 Å². The van der Waals surface area contributed by atoms with E-state index < -0.39 is 48.1 Å². The molecule has 4 atom stereocenters. The average molecular weight is 648 g/mol. The number of benzene rings is 3. The van der Waals surface area contributed by atoms with Crippen molar-refractivity contribution in [2.75, 3.05) is 19.7 Å². The molecule has 8 N–H and O–H groups in total. The second-order valence-electron chi connectivity index (χ2n) is 12.8. The Morgan fingerprint density at radius 2 is 1.47 bits per heavy atom. The second-order valence-corrected chi connectivity index (χ2v) is 12.8. The van der Waals surface area contributed by atoms with Gasteiger partial charge in [-0.1, -0.05) is 100 Å². The molecule has 47 heavy (non-hydrogen) atoms. The number of rotatable bonds is 20. The molecule has 2 amide bonds. The number of hydrogen-bond acceptors (Lipinski definition) is 7. The van der Waals surface area contributed by atoms with Crippen molar-refractivity contribution in [1.29, 1.82) is 0 Å². The van der Waals surface area contributed by atoms with Gasteiger partial charge >= 0.3 is 5.97 Å². The fourth-order valence-corrected chi connectivity index (χ4v) is 5.86. The Bertz CT molecular complexity index is 1430. The molecule has 0 saturated heterocycles. The Morgan fingerprint density at radius 3 is 2.09 bits per heavy atom. The summed E-state index contributed by atoms with van der Waals surface area (Å²) in [5, 5.41) is 34.4. The number of carbonyl (C=O) groups excluding carboxylic acids is 2. The number of hydrogen-bond donors (Lipinski definition) is 7. The zero-order valence-corrected chi connectivity index (χ0v) is 28.2. The number of amides is 2. The first-order valence-electron chi connectivity index (χ1n) is 16.7. The summed E-state index contributed by atoms with van der Waals surface area (Å²) in [4.78, 5) is 39.0. The van der Waals surface area contributed by atoms with Crippen LogP contribution in [-0.4, -0.2) is 77.4 Å². The number of fused-ring (bicyclic) bond motifs is 1. The highest BCUT2D eigenvalue weighted by Gasteiger charge is 2.37. The summed E-state index contributed by atoms with van der Waals surface area (Å²) in [6, 6.07) is 21.3. The maximum absolute atomic E-state index is 13.7. The standard InChI is InChI=1S/C37H53N5O5/c1-5-37(6-2,40-22-30(38)20-27-16-17-28-14-10-11-15-29(28)19-27)36(47)42-33(24-43)34(44)41-31(21-26-12-8-7-9-13-26)23-39-32(35(45)46)18-25(3)4/h7-17,19,25,30-33,39-40,43H,5-6,18,20-24,38H2,1-4H3,(H,41,44)(H,42,47)(H,45,46)/t30-,31-,32-,33-/m0/s1. The largest absolute Gasteiger partial charge is 0.480 e. The van der Waals surface area contributed by atoms with Gasteiger partial charge in [-0.2, -0.15) is 0 Å². The summed E-state index contributed by atoms with van der Waals surface area (Å²) in [6.07, 6.45) is 2.40. The van der Waals surface area contributed by atoms with E-state index in [2.05, 4.69) is 51.6 Å². The lowest BCUT2D eigenvalue weighted by atomic mass is 9.90. The predicted molar refractivity (Wildman–Crippen MR) is 187 cm³/mol. The molecule has 10 nitrogen and oxygen atoms in total. The molecule has 0 aliphatic carbocycles. The molecule has 0 heterocycles. The van der Waals surface area contributed by atoms with Crippen LogP contribution in [0.2, 0.25) is 0 Å². The minimum absolute atomic E-state index is 0.166. The number of carboxylic acids is 1. The van der Waals surface area contributed by atoms with Gasteiger partial charge in [-0.3, -0.25) is 14.4 Å². The molecule has 0 fully saturated rings. The van der Waals surface area contributed by atoms with Gasteiger partial charge in [-0.25, -0.2) is 0 Å². The van der Waals surface area contributed by atoms with Gasteiger partial charge in [0, 0.05) is 25.2 Å². The monoisotopic (exact) mass is 647 g/mol. The van der Waals surface area contributed by atoms with Gasteiger partial charge in [-0.15, -0.1) is 0 Å². The Labute approximate surface area is 278 Å². The maximum atomic E-state index is 13.7. The van der Waals surface area contributed by atoms with Crippen molar-refractivity contribution in [3.63, 3.8) is 0 Å². The molecular formula is C37H53N5O5. The number of nitrogens with two attached hydrogens (primary N) is 1. The number of aliphatic hydroxyl groups excluding tert-OH is 1. The Kier molecular flexibility index (Phi) is 14.8. The van der Waals surface area contributed by atoms with Gasteiger partial charge in [0.05, 0.1) is 12.1 Å². The fourth-order valence-electron chi connectivity index (χ4n) is 5.86. The lowest BCUT2D eigenvalue weighted by Gasteiger charge is -2.34. The van der Waals surface area contributed by atoms with Crippen molar-refractivity contribution in [3.8, 4) is 0 Å². The molecule has 0 bridgehead atoms. The van der Waals surface area contributed by atoms with E-state index in [1.54, 1.807) is 0 Å². The van der Waals surface area contributed by atoms with Gasteiger partial charge in [0.1, 0.15) is 12.1 Å². The summed E-state index contributed by atoms with van der Waals surface area (Å²) < 4.78 is 0. The van der Waals surface area contributed by atoms with Crippen molar-refractivity contribution in [1.82, 2.24) is 21.3 Å². The molecule has 256 valence electrons. The molecule has 10 heteroatoms. The average Bonchev–Trinajstić information content (AvgIpc) is 3.06. The second kappa shape index (κ2) is 18.5. The number of carboxylic acid groups (broad SMARTS) is 1. The third kappa shape index (κ3) is 11.4. The summed E-state index contributed by atoms with van der Waals surface area (Å²) in [5.41, 5.74) is 7.59. The molecule has 0 radical (unpaired) electrons. The summed E-state index contributed by atoms with van der Waals surface area (Å²) >= 11 is 0. The van der Waals surface area contributed by atoms with Gasteiger partial charge in [0.15, 0.2) is 0 Å². The highest BCUT2D eigenvalue weighted by molar-refractivity contribution is 5.92. The van der Waals surface area contributed by atoms with Gasteiger partial charge in [0.25, 0.3) is 0 Å². The smallest absolute Gasteiger partial charge is 0.320 e. The third-order valence-corrected chi connectivity index (χ3v) is 8.75. The van der Waals surface area contributed by atoms with E-state index in [1.165, 1.54) is 0 Å². The van der Waals surface area contributed by atoms with Crippen molar-refractivity contribution < 1.29 is 24.6 Å². The van der Waals surface area contributed by atoms with Crippen LogP contribution in [0.15, 0.2) is 72.8 Å². The molecule has 0 aliphatic rings. The topological polar surface area (TPSA) is 166 Å². The maximum Gasteiger partial charge on any atom is 0.320 e. The first-order chi connectivity index (χ1) is 22.5. The highest BCUT2D eigenvalue weighted by atomic mass is 16.4. The van der Waals surface area contributed by atoms with Crippen LogP contribution in [0.25, 0.3) is 10.8 Å². The van der Waals surface area contributed by atoms with Crippen LogP contribution >= 0.6 is 0 Å². The number of nitrogens with one attached hydrogen (secondary N) is 4. The van der Waals surface area contributed by atoms with Crippen LogP contribution < -0.4 is 27.0 Å². The number of aliphatic carboxylic acids is 1. The Morgan fingerprint density at radius 1 is 0.809 bits per heavy atom. The van der Waals surface area contributed by atoms with Crippen molar-refractivity contribution in [2.24, 2.45) is 11.7 Å². The molecule has 0 aliphatic heterocycles. The quantitative estimate of drug-likeness (QED) is 0.0983. The predicted octanol–water partition coefficient (Wildman–Crippen LogP) is 3.15. The summed E-state index contributed by atoms with van der Waals surface area (Å²) in [6.45, 7) is 7.68. The van der Waals surface area contributed by atoms with E-state index in [1.807, 2.05) is 70.2 Å². The van der Waals surface area contributed by atoms with Gasteiger partial charge in [0.2, 0.25) is 11.8 Å². The van der Waals surface area contributed by atoms with E-state index in [0.29, 0.717) is 38.6 Å². The highest BCUT2D eigenvalue weighted by Crippen LogP contribution is 2.19. The first kappa shape index (κ1) is 37.6. The minimum atomic E-state index is -1.20. The lowest BCUT2D eigenvalue weighted by molar-refractivity contribution is -0.140. The minimum Gasteiger partial charge on any atom is -0.480 e. The molecule has 0 saturated carbocycles. The van der Waals surface area contributed by atoms with E-state index in [4.69, 9.17) is 5.73 Å². The van der Waals surface area contributed by atoms with Crippen molar-refractivity contribution in [3.05, 3.63) is 83.9 Å². The van der Waals surface area contributed by atoms with Gasteiger partial charge < -0.3 is 37.2 Å². The SMILES string of the molecule is CCC(CC)(NC[C@@H](N)Cc1ccc2ccccc2c1)C(=O)N[C@@H](CO)C(=O)N[C@H](CN[C@@H](CC(C)C)C(=O)O)Cc1ccccc1. The van der Waals surface area contributed by atoms with Crippen LogP contribution in [0.5, 0.6) is 0 Å². The van der Waals surface area contributed by atoms with E-state index in [0.717, 1.165) is 21.9 Å². The number of aliphatic hydroxyl groups is 1. The normalized spacial score (nSPS) is 14.4. The number of carbonyl (C=O) groups is 3. The Hall–Kier alpha value is -3.83. The van der Waals surface area contributed by atoms with Crippen LogP contribution in [-0.2, 0) is 27.2 Å². The molecule has 0 spiro atoms. The molecule has 0 unspecified atom stereocenters. The first-order valence-corrected chi connectivity index (χ1v) is 16.7. The summed E-state index contributed by atoms with van der Waals surface area (Å²) in [5.74, 6) is -1.73. The van der Waals surface area contributed by atoms with Crippen LogP contribution in [0, 0.1) is 5.92 Å². The van der Waals surface area contributed by atoms with E-state index >= 15 is 0 Å². The van der Waals surface area contributed by atoms with Crippen molar-refractivity contribution in [2.45, 2.75) is 89.5 Å². The van der Waals surface area contributed by atoms with Crippen molar-refractivity contribution >= 4 is 28.6 Å². The molecule has 0 aromatic heterocycles. The Balaban J connectivity index is 1.65.